The maximum atomic E-state index is 14.1. The van der Waals surface area contributed by atoms with Crippen LogP contribution < -0.4 is 21.1 Å². The van der Waals surface area contributed by atoms with Crippen LogP contribution in [0.15, 0.2) is 41.7 Å². The second-order valence-corrected chi connectivity index (χ2v) is 11.1. The maximum Gasteiger partial charge on any atom is 0.223 e. The minimum Gasteiger partial charge on any atom is -0.487 e. The quantitative estimate of drug-likeness (QED) is 0.335. The van der Waals surface area contributed by atoms with Crippen molar-refractivity contribution in [1.82, 2.24) is 15.6 Å². The van der Waals surface area contributed by atoms with Crippen LogP contribution in [0, 0.1) is 23.5 Å². The third-order valence-corrected chi connectivity index (χ3v) is 7.44. The van der Waals surface area contributed by atoms with E-state index < -0.39 is 40.8 Å². The van der Waals surface area contributed by atoms with Crippen molar-refractivity contribution in [1.29, 1.82) is 0 Å². The van der Waals surface area contributed by atoms with Gasteiger partial charge in [0.1, 0.15) is 23.0 Å². The number of aliphatic imine (C=N–C) groups is 1. The van der Waals surface area contributed by atoms with Gasteiger partial charge in [0.25, 0.3) is 0 Å². The summed E-state index contributed by atoms with van der Waals surface area (Å²) in [5.41, 5.74) is 5.32. The third-order valence-electron chi connectivity index (χ3n) is 7.44. The standard InChI is InChI=1S/C28H35F2N5O3/c1-5-28(4,33-15-31)12-24(36)35-25(16-8-18(30)14-32-13-16)19-10-20(19)26(37)34-22-11-27(2,3)38-23-7-6-17(29)9-21(22)23/h6-9,13-15,19-20,22,25H,5,10-12H2,1-4H3,(H2,31,33)(H,34,37)(H,35,36)/t19-,20-,22+,25?,28-/m1/s1. The first-order chi connectivity index (χ1) is 17.9. The van der Waals surface area contributed by atoms with Gasteiger partial charge in [-0.2, -0.15) is 0 Å². The molecule has 4 rings (SSSR count). The van der Waals surface area contributed by atoms with Crippen LogP contribution in [0.25, 0.3) is 0 Å². The van der Waals surface area contributed by atoms with Crippen LogP contribution in [0.5, 0.6) is 5.75 Å². The monoisotopic (exact) mass is 527 g/mol. The SMILES string of the molecule is CC[C@](C)(CC(=O)NC(c1cncc(F)c1)[C@@H]1C[C@H]1C(=O)N[C@H]1CC(C)(C)Oc2ccc(F)cc21)N=CN. The average molecular weight is 528 g/mol. The number of benzene rings is 1. The molecule has 2 heterocycles. The van der Waals surface area contributed by atoms with Gasteiger partial charge in [0, 0.05) is 24.1 Å². The summed E-state index contributed by atoms with van der Waals surface area (Å²) in [6.07, 6.45) is 5.43. The molecule has 38 heavy (non-hydrogen) atoms. The fraction of sp³-hybridized carbons (Fsp3) is 0.500. The van der Waals surface area contributed by atoms with E-state index in [4.69, 9.17) is 10.5 Å². The van der Waals surface area contributed by atoms with E-state index in [0.29, 0.717) is 36.1 Å². The van der Waals surface area contributed by atoms with E-state index in [-0.39, 0.29) is 24.2 Å². The predicted octanol–water partition coefficient (Wildman–Crippen LogP) is 4.12. The molecule has 204 valence electrons. The van der Waals surface area contributed by atoms with Crippen LogP contribution in [-0.4, -0.2) is 34.3 Å². The number of halogens is 2. The molecule has 2 aromatic rings. The molecular formula is C28H35F2N5O3. The highest BCUT2D eigenvalue weighted by atomic mass is 19.1. The molecule has 10 heteroatoms. The van der Waals surface area contributed by atoms with Gasteiger partial charge < -0.3 is 21.1 Å². The fourth-order valence-corrected chi connectivity index (χ4v) is 5.17. The highest BCUT2D eigenvalue weighted by Crippen LogP contribution is 2.49. The number of hydrogen-bond acceptors (Lipinski definition) is 5. The Labute approximate surface area is 221 Å². The van der Waals surface area contributed by atoms with Crippen molar-refractivity contribution >= 4 is 18.2 Å². The lowest BCUT2D eigenvalue weighted by Gasteiger charge is -2.38. The first kappa shape index (κ1) is 27.5. The summed E-state index contributed by atoms with van der Waals surface area (Å²) in [6.45, 7) is 7.58. The molecule has 2 amide bonds. The van der Waals surface area contributed by atoms with Gasteiger partial charge in [-0.1, -0.05) is 6.92 Å². The Kier molecular flexibility index (Phi) is 7.71. The number of fused-ring (bicyclic) bond motifs is 1. The van der Waals surface area contributed by atoms with E-state index in [1.807, 2.05) is 27.7 Å². The van der Waals surface area contributed by atoms with Crippen LogP contribution in [0.4, 0.5) is 8.78 Å². The molecule has 1 aliphatic carbocycles. The molecule has 5 atom stereocenters. The predicted molar refractivity (Wildman–Crippen MR) is 139 cm³/mol. The highest BCUT2D eigenvalue weighted by molar-refractivity contribution is 5.83. The molecule has 8 nitrogen and oxygen atoms in total. The minimum absolute atomic E-state index is 0.0829. The summed E-state index contributed by atoms with van der Waals surface area (Å²) in [5.74, 6) is -1.55. The molecule has 0 bridgehead atoms. The summed E-state index contributed by atoms with van der Waals surface area (Å²) in [7, 11) is 0. The van der Waals surface area contributed by atoms with Gasteiger partial charge in [-0.3, -0.25) is 19.6 Å². The molecule has 1 aliphatic heterocycles. The molecule has 1 saturated carbocycles. The van der Waals surface area contributed by atoms with Crippen LogP contribution in [0.2, 0.25) is 0 Å². The van der Waals surface area contributed by atoms with Crippen molar-refractivity contribution in [2.45, 2.75) is 76.6 Å². The fourth-order valence-electron chi connectivity index (χ4n) is 5.17. The number of nitrogens with zero attached hydrogens (tertiary/aromatic N) is 2. The minimum atomic E-state index is -0.678. The Morgan fingerprint density at radius 2 is 2.05 bits per heavy atom. The van der Waals surface area contributed by atoms with Gasteiger partial charge in [0.05, 0.1) is 36.6 Å². The number of ether oxygens (including phenoxy) is 1. The van der Waals surface area contributed by atoms with Crippen molar-refractivity contribution in [3.05, 3.63) is 59.4 Å². The number of carbonyl (C=O) groups is 2. The van der Waals surface area contributed by atoms with E-state index in [0.717, 1.165) is 6.20 Å². The summed E-state index contributed by atoms with van der Waals surface area (Å²) in [4.78, 5) is 34.6. The zero-order valence-electron chi connectivity index (χ0n) is 22.1. The Balaban J connectivity index is 1.51. The van der Waals surface area contributed by atoms with Gasteiger partial charge in [0.2, 0.25) is 11.8 Å². The molecule has 0 spiro atoms. The number of rotatable bonds is 9. The lowest BCUT2D eigenvalue weighted by molar-refractivity contribution is -0.125. The molecule has 4 N–H and O–H groups in total. The first-order valence-electron chi connectivity index (χ1n) is 12.9. The molecule has 0 saturated heterocycles. The Hall–Kier alpha value is -3.56. The van der Waals surface area contributed by atoms with Crippen molar-refractivity contribution in [2.24, 2.45) is 22.6 Å². The highest BCUT2D eigenvalue weighted by Gasteiger charge is 2.50. The lowest BCUT2D eigenvalue weighted by Crippen LogP contribution is -2.42. The number of pyridine rings is 1. The van der Waals surface area contributed by atoms with Gasteiger partial charge in [0.15, 0.2) is 0 Å². The number of nitrogens with one attached hydrogen (secondary N) is 2. The largest absolute Gasteiger partial charge is 0.487 e. The van der Waals surface area contributed by atoms with Crippen LogP contribution in [0.1, 0.15) is 76.6 Å². The molecule has 1 fully saturated rings. The Bertz CT molecular complexity index is 1240. The smallest absolute Gasteiger partial charge is 0.223 e. The second kappa shape index (κ2) is 10.7. The Morgan fingerprint density at radius 1 is 1.29 bits per heavy atom. The van der Waals surface area contributed by atoms with Crippen LogP contribution in [0.3, 0.4) is 0 Å². The molecule has 0 radical (unpaired) electrons. The average Bonchev–Trinajstić information content (AvgIpc) is 3.63. The number of carbonyl (C=O) groups excluding carboxylic acids is 2. The maximum absolute atomic E-state index is 14.1. The van der Waals surface area contributed by atoms with Gasteiger partial charge in [-0.15, -0.1) is 0 Å². The van der Waals surface area contributed by atoms with E-state index in [2.05, 4.69) is 20.6 Å². The van der Waals surface area contributed by atoms with Gasteiger partial charge >= 0.3 is 0 Å². The number of nitrogens with two attached hydrogens (primary N) is 1. The summed E-state index contributed by atoms with van der Waals surface area (Å²) >= 11 is 0. The van der Waals surface area contributed by atoms with E-state index in [1.165, 1.54) is 30.7 Å². The summed E-state index contributed by atoms with van der Waals surface area (Å²) in [6, 6.07) is 4.57. The summed E-state index contributed by atoms with van der Waals surface area (Å²) < 4.78 is 34.0. The Morgan fingerprint density at radius 3 is 2.74 bits per heavy atom. The zero-order chi connectivity index (χ0) is 27.7. The van der Waals surface area contributed by atoms with E-state index in [1.54, 1.807) is 6.07 Å². The molecule has 1 aromatic heterocycles. The van der Waals surface area contributed by atoms with Crippen molar-refractivity contribution < 1.29 is 23.1 Å². The van der Waals surface area contributed by atoms with Gasteiger partial charge in [-0.25, -0.2) is 8.78 Å². The van der Waals surface area contributed by atoms with E-state index >= 15 is 0 Å². The van der Waals surface area contributed by atoms with Crippen LogP contribution >= 0.6 is 0 Å². The zero-order valence-corrected chi connectivity index (χ0v) is 22.1. The second-order valence-electron chi connectivity index (χ2n) is 11.1. The lowest BCUT2D eigenvalue weighted by atomic mass is 9.89. The molecule has 2 aliphatic rings. The number of hydrogen-bond donors (Lipinski definition) is 3. The van der Waals surface area contributed by atoms with Crippen LogP contribution in [-0.2, 0) is 9.59 Å². The summed E-state index contributed by atoms with van der Waals surface area (Å²) in [5, 5.41) is 6.05. The van der Waals surface area contributed by atoms with E-state index in [9.17, 15) is 18.4 Å². The normalized spacial score (nSPS) is 24.0. The van der Waals surface area contributed by atoms with Gasteiger partial charge in [-0.05, 0) is 69.4 Å². The topological polar surface area (TPSA) is 119 Å². The third kappa shape index (κ3) is 6.28. The molecular weight excluding hydrogens is 492 g/mol. The van der Waals surface area contributed by atoms with Crippen molar-refractivity contribution in [2.75, 3.05) is 0 Å². The van der Waals surface area contributed by atoms with Crippen molar-refractivity contribution in [3.63, 3.8) is 0 Å². The van der Waals surface area contributed by atoms with Crippen molar-refractivity contribution in [3.8, 4) is 5.75 Å². The number of amides is 2. The first-order valence-corrected chi connectivity index (χ1v) is 12.9. The molecule has 1 unspecified atom stereocenters. The molecule has 1 aromatic carbocycles. The number of aromatic nitrogens is 1.